The highest BCUT2D eigenvalue weighted by Gasteiger charge is 2.25. The SMILES string of the molecule is COc1nc(Nc2ccc(CN3CCOCC3)c(F)c2F)c(C(=O)O)nc1-c1cncc2c1ncn2C. The number of fused-ring (bicyclic) bond motifs is 1. The van der Waals surface area contributed by atoms with Crippen LogP contribution in [0.1, 0.15) is 16.1 Å². The fourth-order valence-electron chi connectivity index (χ4n) is 4.13. The molecule has 1 aliphatic heterocycles. The Morgan fingerprint density at radius 3 is 2.70 bits per heavy atom. The van der Waals surface area contributed by atoms with Crippen LogP contribution in [0.2, 0.25) is 0 Å². The summed E-state index contributed by atoms with van der Waals surface area (Å²) in [7, 11) is 3.13. The molecule has 13 heteroatoms. The van der Waals surface area contributed by atoms with Crippen molar-refractivity contribution in [2.45, 2.75) is 6.54 Å². The fraction of sp³-hybridized carbons (Fsp3) is 0.292. The van der Waals surface area contributed by atoms with Gasteiger partial charge in [-0.1, -0.05) is 6.07 Å². The van der Waals surface area contributed by atoms with E-state index in [9.17, 15) is 14.3 Å². The summed E-state index contributed by atoms with van der Waals surface area (Å²) in [6.45, 7) is 2.52. The molecule has 1 aliphatic rings. The molecule has 1 fully saturated rings. The number of nitrogens with zero attached hydrogens (tertiary/aromatic N) is 6. The zero-order valence-corrected chi connectivity index (χ0v) is 20.0. The van der Waals surface area contributed by atoms with Crippen molar-refractivity contribution in [2.75, 3.05) is 38.7 Å². The van der Waals surface area contributed by atoms with Crippen LogP contribution in [-0.4, -0.2) is 73.9 Å². The molecule has 0 bridgehead atoms. The second-order valence-corrected chi connectivity index (χ2v) is 8.41. The average molecular weight is 511 g/mol. The fourth-order valence-corrected chi connectivity index (χ4v) is 4.13. The molecular weight excluding hydrogens is 488 g/mol. The average Bonchev–Trinajstić information content (AvgIpc) is 3.29. The Hall–Kier alpha value is -4.23. The minimum absolute atomic E-state index is 0.0442. The minimum Gasteiger partial charge on any atom is -0.479 e. The van der Waals surface area contributed by atoms with E-state index in [1.807, 2.05) is 4.90 Å². The number of aromatic carboxylic acids is 1. The summed E-state index contributed by atoms with van der Waals surface area (Å²) in [6, 6.07) is 2.78. The third-order valence-corrected chi connectivity index (χ3v) is 6.07. The maximum Gasteiger partial charge on any atom is 0.358 e. The van der Waals surface area contributed by atoms with Crippen LogP contribution in [0.5, 0.6) is 5.88 Å². The number of morpholine rings is 1. The van der Waals surface area contributed by atoms with Crippen molar-refractivity contribution in [3.05, 3.63) is 53.7 Å². The first-order chi connectivity index (χ1) is 17.9. The van der Waals surface area contributed by atoms with Crippen LogP contribution in [0.25, 0.3) is 22.3 Å². The summed E-state index contributed by atoms with van der Waals surface area (Å²) >= 11 is 0. The molecule has 5 rings (SSSR count). The lowest BCUT2D eigenvalue weighted by Gasteiger charge is -2.26. The lowest BCUT2D eigenvalue weighted by Crippen LogP contribution is -2.35. The van der Waals surface area contributed by atoms with Gasteiger partial charge in [-0.3, -0.25) is 9.88 Å². The van der Waals surface area contributed by atoms with Gasteiger partial charge in [-0.05, 0) is 6.07 Å². The largest absolute Gasteiger partial charge is 0.479 e. The first kappa shape index (κ1) is 24.5. The van der Waals surface area contributed by atoms with Crippen LogP contribution in [0, 0.1) is 11.6 Å². The number of rotatable bonds is 7. The number of hydrogen-bond donors (Lipinski definition) is 2. The van der Waals surface area contributed by atoms with Crippen molar-refractivity contribution in [3.8, 4) is 17.1 Å². The molecule has 11 nitrogen and oxygen atoms in total. The smallest absolute Gasteiger partial charge is 0.358 e. The Bertz CT molecular complexity index is 1490. The highest BCUT2D eigenvalue weighted by molar-refractivity contribution is 5.95. The predicted molar refractivity (Wildman–Crippen MR) is 129 cm³/mol. The summed E-state index contributed by atoms with van der Waals surface area (Å²) in [5.41, 5.74) is 1.08. The number of methoxy groups -OCH3 is 1. The van der Waals surface area contributed by atoms with Gasteiger partial charge in [0.05, 0.1) is 49.6 Å². The molecule has 4 heterocycles. The molecular formula is C24H23F2N7O4. The van der Waals surface area contributed by atoms with E-state index in [1.165, 1.54) is 25.4 Å². The zero-order chi connectivity index (χ0) is 26.1. The topological polar surface area (TPSA) is 128 Å². The quantitative estimate of drug-likeness (QED) is 0.382. The Labute approximate surface area is 209 Å². The number of carbonyl (C=O) groups is 1. The number of hydrogen-bond acceptors (Lipinski definition) is 9. The van der Waals surface area contributed by atoms with Crippen molar-refractivity contribution in [1.29, 1.82) is 0 Å². The number of aryl methyl sites for hydroxylation is 1. The molecule has 0 spiro atoms. The van der Waals surface area contributed by atoms with Gasteiger partial charge in [0, 0.05) is 38.4 Å². The number of benzene rings is 1. The van der Waals surface area contributed by atoms with E-state index in [2.05, 4.69) is 25.3 Å². The monoisotopic (exact) mass is 511 g/mol. The van der Waals surface area contributed by atoms with Crippen LogP contribution in [0.4, 0.5) is 20.3 Å². The van der Waals surface area contributed by atoms with Crippen molar-refractivity contribution in [2.24, 2.45) is 7.05 Å². The molecule has 0 amide bonds. The molecule has 2 N–H and O–H groups in total. The van der Waals surface area contributed by atoms with Crippen LogP contribution < -0.4 is 10.1 Å². The van der Waals surface area contributed by atoms with E-state index in [1.54, 1.807) is 24.1 Å². The first-order valence-corrected chi connectivity index (χ1v) is 11.4. The molecule has 1 saturated heterocycles. The Balaban J connectivity index is 1.52. The van der Waals surface area contributed by atoms with Gasteiger partial charge in [0.1, 0.15) is 11.2 Å². The molecule has 0 unspecified atom stereocenters. The zero-order valence-electron chi connectivity index (χ0n) is 20.0. The maximum atomic E-state index is 15.0. The first-order valence-electron chi connectivity index (χ1n) is 11.4. The van der Waals surface area contributed by atoms with Crippen molar-refractivity contribution in [3.63, 3.8) is 0 Å². The lowest BCUT2D eigenvalue weighted by molar-refractivity contribution is 0.0336. The van der Waals surface area contributed by atoms with E-state index in [0.29, 0.717) is 42.9 Å². The molecule has 0 saturated carbocycles. The summed E-state index contributed by atoms with van der Waals surface area (Å²) in [4.78, 5) is 31.1. The highest BCUT2D eigenvalue weighted by Crippen LogP contribution is 2.34. The molecule has 0 atom stereocenters. The highest BCUT2D eigenvalue weighted by atomic mass is 19.2. The standard InChI is InChI=1S/C24H23F2N7O4/c1-32-12-28-19-14(9-27-10-16(19)32)20-23(36-2)31-22(21(30-20)24(34)35)29-15-4-3-13(17(25)18(15)26)11-33-5-7-37-8-6-33/h3-4,9-10,12H,5-8,11H2,1-2H3,(H,29,31)(H,34,35). The molecule has 3 aromatic heterocycles. The summed E-state index contributed by atoms with van der Waals surface area (Å²) < 4.78 is 42.3. The number of nitrogens with one attached hydrogen (secondary N) is 1. The maximum absolute atomic E-state index is 15.0. The van der Waals surface area contributed by atoms with Gasteiger partial charge < -0.3 is 24.5 Å². The second-order valence-electron chi connectivity index (χ2n) is 8.41. The summed E-state index contributed by atoms with van der Waals surface area (Å²) in [6.07, 6.45) is 4.67. The van der Waals surface area contributed by atoms with Gasteiger partial charge >= 0.3 is 5.97 Å². The van der Waals surface area contributed by atoms with E-state index in [4.69, 9.17) is 9.47 Å². The van der Waals surface area contributed by atoms with Crippen molar-refractivity contribution < 1.29 is 28.2 Å². The van der Waals surface area contributed by atoms with Gasteiger partial charge in [-0.25, -0.2) is 23.5 Å². The number of pyridine rings is 1. The lowest BCUT2D eigenvalue weighted by atomic mass is 10.1. The van der Waals surface area contributed by atoms with Gasteiger partial charge in [-0.2, -0.15) is 4.98 Å². The number of carboxylic acid groups (broad SMARTS) is 1. The molecule has 0 radical (unpaired) electrons. The van der Waals surface area contributed by atoms with Crippen LogP contribution >= 0.6 is 0 Å². The molecule has 192 valence electrons. The Morgan fingerprint density at radius 2 is 1.97 bits per heavy atom. The minimum atomic E-state index is -1.43. The van der Waals surface area contributed by atoms with Crippen LogP contribution in [0.3, 0.4) is 0 Å². The number of imidazole rings is 1. The van der Waals surface area contributed by atoms with Gasteiger partial charge in [0.15, 0.2) is 23.1 Å². The van der Waals surface area contributed by atoms with E-state index >= 15 is 4.39 Å². The van der Waals surface area contributed by atoms with E-state index in [0.717, 1.165) is 0 Å². The normalized spacial score (nSPS) is 14.2. The van der Waals surface area contributed by atoms with E-state index in [-0.39, 0.29) is 35.2 Å². The van der Waals surface area contributed by atoms with Gasteiger partial charge in [0.2, 0.25) is 5.88 Å². The number of carboxylic acids is 1. The Kier molecular flexibility index (Phi) is 6.63. The van der Waals surface area contributed by atoms with Crippen molar-refractivity contribution >= 4 is 28.5 Å². The number of halogens is 2. The van der Waals surface area contributed by atoms with Gasteiger partial charge in [-0.15, -0.1) is 0 Å². The van der Waals surface area contributed by atoms with Crippen LogP contribution in [-0.2, 0) is 18.3 Å². The predicted octanol–water partition coefficient (Wildman–Crippen LogP) is 2.99. The molecule has 37 heavy (non-hydrogen) atoms. The number of anilines is 2. The summed E-state index contributed by atoms with van der Waals surface area (Å²) in [5, 5.41) is 12.4. The van der Waals surface area contributed by atoms with Gasteiger partial charge in [0.25, 0.3) is 0 Å². The molecule has 0 aliphatic carbocycles. The summed E-state index contributed by atoms with van der Waals surface area (Å²) in [5.74, 6) is -3.97. The van der Waals surface area contributed by atoms with Crippen LogP contribution in [0.15, 0.2) is 30.9 Å². The number of ether oxygens (including phenoxy) is 2. The third kappa shape index (κ3) is 4.66. The Morgan fingerprint density at radius 1 is 1.19 bits per heavy atom. The third-order valence-electron chi connectivity index (χ3n) is 6.07. The van der Waals surface area contributed by atoms with E-state index < -0.39 is 23.3 Å². The molecule has 1 aromatic carbocycles. The second kappa shape index (κ2) is 10.0. The van der Waals surface area contributed by atoms with Crippen molar-refractivity contribution in [1.82, 2.24) is 29.4 Å². The molecule has 4 aromatic rings. The number of aromatic nitrogens is 5.